The van der Waals surface area contributed by atoms with Crippen molar-refractivity contribution < 1.29 is 0 Å². The standard InChI is InChI=1S/C8H15S2/c1-2-7-10-8-5-3-4-6-9/h2H,1,3-8H2. The molecule has 0 aliphatic carbocycles. The van der Waals surface area contributed by atoms with Gasteiger partial charge >= 0.3 is 0 Å². The molecule has 0 aliphatic rings. The summed E-state index contributed by atoms with van der Waals surface area (Å²) in [4.78, 5) is 0. The highest BCUT2D eigenvalue weighted by Crippen LogP contribution is 2.06. The zero-order chi connectivity index (χ0) is 7.66. The van der Waals surface area contributed by atoms with Crippen molar-refractivity contribution in [1.82, 2.24) is 0 Å². The Labute approximate surface area is 73.9 Å². The van der Waals surface area contributed by atoms with E-state index in [1.54, 1.807) is 0 Å². The number of hydrogen-bond donors (Lipinski definition) is 0. The maximum absolute atomic E-state index is 4.83. The molecule has 0 spiro atoms. The van der Waals surface area contributed by atoms with Crippen LogP contribution in [0.15, 0.2) is 12.7 Å². The molecule has 0 saturated heterocycles. The van der Waals surface area contributed by atoms with Crippen LogP contribution in [0.4, 0.5) is 0 Å². The fourth-order valence-electron chi connectivity index (χ4n) is 0.650. The normalized spacial score (nSPS) is 9.70. The lowest BCUT2D eigenvalue weighted by Gasteiger charge is -1.96. The topological polar surface area (TPSA) is 0 Å². The summed E-state index contributed by atoms with van der Waals surface area (Å²) in [6.45, 7) is 3.66. The second-order valence-corrected chi connectivity index (χ2v) is 3.69. The third-order valence-corrected chi connectivity index (χ3v) is 2.51. The lowest BCUT2D eigenvalue weighted by molar-refractivity contribution is 0.787. The first-order valence-corrected chi connectivity index (χ1v) is 5.41. The second kappa shape index (κ2) is 9.44. The van der Waals surface area contributed by atoms with E-state index < -0.39 is 0 Å². The third kappa shape index (κ3) is 8.44. The van der Waals surface area contributed by atoms with Gasteiger partial charge in [-0.2, -0.15) is 11.8 Å². The van der Waals surface area contributed by atoms with Gasteiger partial charge in [0.25, 0.3) is 0 Å². The van der Waals surface area contributed by atoms with Crippen molar-refractivity contribution in [3.05, 3.63) is 12.7 Å². The van der Waals surface area contributed by atoms with Gasteiger partial charge in [-0.1, -0.05) is 25.1 Å². The van der Waals surface area contributed by atoms with Gasteiger partial charge in [-0.15, -0.1) is 6.58 Å². The van der Waals surface area contributed by atoms with Crippen LogP contribution in [0.2, 0.25) is 0 Å². The summed E-state index contributed by atoms with van der Waals surface area (Å²) < 4.78 is 0. The zero-order valence-corrected chi connectivity index (χ0v) is 7.98. The van der Waals surface area contributed by atoms with Crippen molar-refractivity contribution >= 4 is 24.4 Å². The minimum Gasteiger partial charge on any atom is -0.158 e. The fourth-order valence-corrected chi connectivity index (χ4v) is 1.60. The maximum Gasteiger partial charge on any atom is 0.0110 e. The molecule has 0 aromatic heterocycles. The number of hydrogen-bond acceptors (Lipinski definition) is 1. The lowest BCUT2D eigenvalue weighted by Crippen LogP contribution is -1.82. The molecule has 10 heavy (non-hydrogen) atoms. The van der Waals surface area contributed by atoms with E-state index >= 15 is 0 Å². The van der Waals surface area contributed by atoms with Crippen LogP contribution in [0.3, 0.4) is 0 Å². The number of thioether (sulfide) groups is 1. The molecule has 0 bridgehead atoms. The van der Waals surface area contributed by atoms with Gasteiger partial charge in [-0.3, -0.25) is 0 Å². The van der Waals surface area contributed by atoms with Gasteiger partial charge in [0.05, 0.1) is 0 Å². The summed E-state index contributed by atoms with van der Waals surface area (Å²) in [5.74, 6) is 3.28. The molecule has 59 valence electrons. The maximum atomic E-state index is 4.83. The second-order valence-electron chi connectivity index (χ2n) is 2.13. The molecule has 0 N–H and O–H groups in total. The van der Waals surface area contributed by atoms with Crippen molar-refractivity contribution in [2.24, 2.45) is 0 Å². The van der Waals surface area contributed by atoms with Crippen molar-refractivity contribution in [1.29, 1.82) is 0 Å². The summed E-state index contributed by atoms with van der Waals surface area (Å²) >= 11 is 6.78. The van der Waals surface area contributed by atoms with Crippen LogP contribution in [-0.4, -0.2) is 17.3 Å². The lowest BCUT2D eigenvalue weighted by atomic mass is 10.3. The Morgan fingerprint density at radius 2 is 2.10 bits per heavy atom. The highest BCUT2D eigenvalue weighted by Gasteiger charge is 1.87. The SMILES string of the molecule is C=CCSCCCCC[S]. The largest absolute Gasteiger partial charge is 0.158 e. The van der Waals surface area contributed by atoms with Crippen LogP contribution < -0.4 is 0 Å². The van der Waals surface area contributed by atoms with Crippen LogP contribution in [-0.2, 0) is 0 Å². The van der Waals surface area contributed by atoms with Crippen molar-refractivity contribution in [2.75, 3.05) is 17.3 Å². The van der Waals surface area contributed by atoms with Crippen LogP contribution >= 0.6 is 24.4 Å². The first kappa shape index (κ1) is 10.4. The van der Waals surface area contributed by atoms with Gasteiger partial charge < -0.3 is 0 Å². The molecule has 0 saturated carbocycles. The molecule has 0 aromatic rings. The van der Waals surface area contributed by atoms with Crippen LogP contribution in [0.1, 0.15) is 19.3 Å². The minimum atomic E-state index is 0.923. The predicted molar refractivity (Wildman–Crippen MR) is 53.8 cm³/mol. The van der Waals surface area contributed by atoms with Gasteiger partial charge in [0, 0.05) is 11.5 Å². The smallest absolute Gasteiger partial charge is 0.0110 e. The Kier molecular flexibility index (Phi) is 9.86. The van der Waals surface area contributed by atoms with E-state index in [0.717, 1.165) is 11.5 Å². The van der Waals surface area contributed by atoms with E-state index in [-0.39, 0.29) is 0 Å². The average Bonchev–Trinajstić information content (AvgIpc) is 1.97. The monoisotopic (exact) mass is 175 g/mol. The van der Waals surface area contributed by atoms with Crippen LogP contribution in [0.25, 0.3) is 0 Å². The Hall–Kier alpha value is 0.440. The van der Waals surface area contributed by atoms with Gasteiger partial charge in [0.15, 0.2) is 0 Å². The molecule has 0 fully saturated rings. The first-order valence-electron chi connectivity index (χ1n) is 3.68. The van der Waals surface area contributed by atoms with E-state index in [0.29, 0.717) is 0 Å². The Bertz CT molecular complexity index is 71.7. The molecule has 0 atom stereocenters. The zero-order valence-electron chi connectivity index (χ0n) is 6.34. The summed E-state index contributed by atoms with van der Waals surface area (Å²) in [5.41, 5.74) is 0. The highest BCUT2D eigenvalue weighted by molar-refractivity contribution is 7.99. The average molecular weight is 175 g/mol. The van der Waals surface area contributed by atoms with Crippen molar-refractivity contribution in [3.8, 4) is 0 Å². The Balaban J connectivity index is 2.70. The summed E-state index contributed by atoms with van der Waals surface area (Å²) in [6.07, 6.45) is 5.78. The highest BCUT2D eigenvalue weighted by atomic mass is 32.2. The predicted octanol–water partition coefficient (Wildman–Crippen LogP) is 3.27. The molecule has 2 heteroatoms. The quantitative estimate of drug-likeness (QED) is 0.423. The summed E-state index contributed by atoms with van der Waals surface area (Å²) in [7, 11) is 0. The van der Waals surface area contributed by atoms with Gasteiger partial charge in [-0.25, -0.2) is 0 Å². The molecular weight excluding hydrogens is 160 g/mol. The molecule has 0 amide bonds. The Morgan fingerprint density at radius 1 is 1.30 bits per heavy atom. The molecule has 0 aromatic carbocycles. The summed E-state index contributed by atoms with van der Waals surface area (Å²) in [5, 5.41) is 0. The van der Waals surface area contributed by atoms with Crippen molar-refractivity contribution in [2.45, 2.75) is 19.3 Å². The van der Waals surface area contributed by atoms with Crippen LogP contribution in [0.5, 0.6) is 0 Å². The van der Waals surface area contributed by atoms with Gasteiger partial charge in [0.1, 0.15) is 0 Å². The van der Waals surface area contributed by atoms with E-state index in [1.807, 2.05) is 17.8 Å². The van der Waals surface area contributed by atoms with Gasteiger partial charge in [0.2, 0.25) is 0 Å². The van der Waals surface area contributed by atoms with Crippen molar-refractivity contribution in [3.63, 3.8) is 0 Å². The fraction of sp³-hybridized carbons (Fsp3) is 0.750. The third-order valence-electron chi connectivity index (χ3n) is 1.17. The molecule has 0 rings (SSSR count). The first-order chi connectivity index (χ1) is 4.91. The number of rotatable bonds is 7. The summed E-state index contributed by atoms with van der Waals surface area (Å²) in [6, 6.07) is 0. The molecular formula is C8H15S2. The Morgan fingerprint density at radius 3 is 2.70 bits per heavy atom. The molecule has 0 heterocycles. The molecule has 0 unspecified atom stereocenters. The molecule has 0 nitrogen and oxygen atoms in total. The number of unbranched alkanes of at least 4 members (excludes halogenated alkanes) is 2. The van der Waals surface area contributed by atoms with Gasteiger partial charge in [-0.05, 0) is 18.6 Å². The molecule has 1 radical (unpaired) electrons. The van der Waals surface area contributed by atoms with E-state index in [1.165, 1.54) is 25.0 Å². The van der Waals surface area contributed by atoms with Crippen LogP contribution in [0, 0.1) is 0 Å². The van der Waals surface area contributed by atoms with E-state index in [2.05, 4.69) is 6.58 Å². The minimum absolute atomic E-state index is 0.923. The molecule has 0 aliphatic heterocycles. The van der Waals surface area contributed by atoms with E-state index in [9.17, 15) is 0 Å². The van der Waals surface area contributed by atoms with E-state index in [4.69, 9.17) is 12.6 Å².